The number of rotatable bonds is 6. The highest BCUT2D eigenvalue weighted by molar-refractivity contribution is 14.0. The Hall–Kier alpha value is -0.130. The zero-order valence-corrected chi connectivity index (χ0v) is 18.0. The lowest BCUT2D eigenvalue weighted by atomic mass is 10.1. The number of halogens is 1. The van der Waals surface area contributed by atoms with E-state index in [-0.39, 0.29) is 30.0 Å². The van der Waals surface area contributed by atoms with Crippen molar-refractivity contribution in [1.82, 2.24) is 14.5 Å². The third-order valence-electron chi connectivity index (χ3n) is 4.45. The molecule has 0 saturated carbocycles. The fourth-order valence-corrected chi connectivity index (χ4v) is 4.47. The number of guanidine groups is 1. The first-order chi connectivity index (χ1) is 10.9. The molecule has 2 atom stereocenters. The summed E-state index contributed by atoms with van der Waals surface area (Å²) in [6, 6.07) is -0.0122. The molecule has 2 saturated heterocycles. The van der Waals surface area contributed by atoms with Gasteiger partial charge < -0.3 is 15.0 Å². The summed E-state index contributed by atoms with van der Waals surface area (Å²) in [7, 11) is -1.11. The van der Waals surface area contributed by atoms with Crippen LogP contribution in [0.3, 0.4) is 0 Å². The fraction of sp³-hybridized carbons (Fsp3) is 0.933. The van der Waals surface area contributed by atoms with Gasteiger partial charge in [0.25, 0.3) is 0 Å². The topological polar surface area (TPSA) is 74.2 Å². The molecule has 2 aliphatic heterocycles. The van der Waals surface area contributed by atoms with Gasteiger partial charge in [-0.2, -0.15) is 4.31 Å². The van der Waals surface area contributed by atoms with Crippen LogP contribution >= 0.6 is 24.0 Å². The number of ether oxygens (including phenoxy) is 1. The molecule has 0 spiro atoms. The molecular formula is C15H31IN4O3S. The smallest absolute Gasteiger partial charge is 0.211 e. The van der Waals surface area contributed by atoms with Crippen molar-refractivity contribution in [2.24, 2.45) is 10.9 Å². The lowest BCUT2D eigenvalue weighted by Crippen LogP contribution is -2.43. The van der Waals surface area contributed by atoms with Crippen molar-refractivity contribution in [3.05, 3.63) is 0 Å². The van der Waals surface area contributed by atoms with Gasteiger partial charge in [-0.15, -0.1) is 24.0 Å². The van der Waals surface area contributed by atoms with Crippen molar-refractivity contribution in [3.8, 4) is 0 Å². The molecule has 2 fully saturated rings. The SMILES string of the molecule is CCNC(=NC[C@H]1CCCN1S(C)(=O)=O)N(C)CC1CCOC1.I. The van der Waals surface area contributed by atoms with E-state index in [1.165, 1.54) is 6.26 Å². The summed E-state index contributed by atoms with van der Waals surface area (Å²) in [4.78, 5) is 6.81. The highest BCUT2D eigenvalue weighted by atomic mass is 127. The summed E-state index contributed by atoms with van der Waals surface area (Å²) in [5, 5.41) is 3.30. The standard InChI is InChI=1S/C15H30N4O3S.HI/c1-4-16-15(18(2)11-13-7-9-22-12-13)17-10-14-6-5-8-19(14)23(3,20)21;/h13-14H,4-12H2,1-3H3,(H,16,17);1H/t13?,14-;/m1./s1. The minimum absolute atomic E-state index is 0. The van der Waals surface area contributed by atoms with E-state index in [1.54, 1.807) is 4.31 Å². The van der Waals surface area contributed by atoms with E-state index in [9.17, 15) is 8.42 Å². The molecule has 1 N–H and O–H groups in total. The van der Waals surface area contributed by atoms with Crippen LogP contribution in [0.1, 0.15) is 26.2 Å². The van der Waals surface area contributed by atoms with Gasteiger partial charge >= 0.3 is 0 Å². The second-order valence-corrected chi connectivity index (χ2v) is 8.41. The molecule has 9 heteroatoms. The van der Waals surface area contributed by atoms with E-state index in [4.69, 9.17) is 4.74 Å². The highest BCUT2D eigenvalue weighted by Crippen LogP contribution is 2.20. The van der Waals surface area contributed by atoms with Crippen LogP contribution in [0.25, 0.3) is 0 Å². The summed E-state index contributed by atoms with van der Waals surface area (Å²) in [6.45, 7) is 6.54. The van der Waals surface area contributed by atoms with Gasteiger partial charge in [-0.05, 0) is 26.2 Å². The van der Waals surface area contributed by atoms with Gasteiger partial charge in [0.05, 0.1) is 19.4 Å². The van der Waals surface area contributed by atoms with Gasteiger partial charge in [-0.3, -0.25) is 4.99 Å². The van der Waals surface area contributed by atoms with Crippen molar-refractivity contribution >= 4 is 40.0 Å². The van der Waals surface area contributed by atoms with Gasteiger partial charge in [0.1, 0.15) is 0 Å². The van der Waals surface area contributed by atoms with Crippen molar-refractivity contribution in [1.29, 1.82) is 0 Å². The first kappa shape index (κ1) is 21.9. The maximum atomic E-state index is 11.8. The van der Waals surface area contributed by atoms with Crippen LogP contribution in [0.4, 0.5) is 0 Å². The summed E-state index contributed by atoms with van der Waals surface area (Å²) >= 11 is 0. The van der Waals surface area contributed by atoms with Crippen molar-refractivity contribution in [2.45, 2.75) is 32.2 Å². The van der Waals surface area contributed by atoms with Crippen LogP contribution in [0.2, 0.25) is 0 Å². The molecule has 0 amide bonds. The largest absolute Gasteiger partial charge is 0.381 e. The Kier molecular flexibility index (Phi) is 9.24. The Balaban J connectivity index is 0.00000288. The van der Waals surface area contributed by atoms with Crippen LogP contribution in [-0.4, -0.2) is 82.3 Å². The number of nitrogens with one attached hydrogen (secondary N) is 1. The average molecular weight is 474 g/mol. The summed E-state index contributed by atoms with van der Waals surface area (Å²) in [5.74, 6) is 1.39. The monoisotopic (exact) mass is 474 g/mol. The third-order valence-corrected chi connectivity index (χ3v) is 5.79. The number of aliphatic imine (C=N–C) groups is 1. The van der Waals surface area contributed by atoms with Crippen molar-refractivity contribution in [2.75, 3.05) is 52.7 Å². The molecule has 0 bridgehead atoms. The molecular weight excluding hydrogens is 443 g/mol. The molecule has 24 heavy (non-hydrogen) atoms. The molecule has 0 radical (unpaired) electrons. The van der Waals surface area contributed by atoms with Gasteiger partial charge in [0.15, 0.2) is 5.96 Å². The Bertz CT molecular complexity index is 509. The van der Waals surface area contributed by atoms with Crippen LogP contribution in [0.5, 0.6) is 0 Å². The number of hydrogen-bond donors (Lipinski definition) is 1. The summed E-state index contributed by atoms with van der Waals surface area (Å²) in [5.41, 5.74) is 0. The van der Waals surface area contributed by atoms with E-state index in [0.29, 0.717) is 19.0 Å². The second kappa shape index (κ2) is 10.1. The predicted molar refractivity (Wildman–Crippen MR) is 108 cm³/mol. The Morgan fingerprint density at radius 2 is 2.17 bits per heavy atom. The maximum Gasteiger partial charge on any atom is 0.211 e. The number of hydrogen-bond acceptors (Lipinski definition) is 4. The molecule has 2 aliphatic rings. The molecule has 7 nitrogen and oxygen atoms in total. The number of sulfonamides is 1. The third kappa shape index (κ3) is 6.30. The van der Waals surface area contributed by atoms with E-state index in [2.05, 4.69) is 15.2 Å². The highest BCUT2D eigenvalue weighted by Gasteiger charge is 2.31. The Morgan fingerprint density at radius 1 is 1.42 bits per heavy atom. The molecule has 2 rings (SSSR count). The lowest BCUT2D eigenvalue weighted by molar-refractivity contribution is 0.181. The first-order valence-electron chi connectivity index (χ1n) is 8.45. The first-order valence-corrected chi connectivity index (χ1v) is 10.3. The van der Waals surface area contributed by atoms with Crippen LogP contribution < -0.4 is 5.32 Å². The zero-order chi connectivity index (χ0) is 16.9. The van der Waals surface area contributed by atoms with Gasteiger partial charge in [0.2, 0.25) is 10.0 Å². The van der Waals surface area contributed by atoms with Gasteiger partial charge in [-0.1, -0.05) is 0 Å². The Morgan fingerprint density at radius 3 is 2.75 bits per heavy atom. The zero-order valence-electron chi connectivity index (χ0n) is 14.9. The quantitative estimate of drug-likeness (QED) is 0.353. The summed E-state index contributed by atoms with van der Waals surface area (Å²) < 4.78 is 30.7. The molecule has 142 valence electrons. The van der Waals surface area contributed by atoms with E-state index >= 15 is 0 Å². The maximum absolute atomic E-state index is 11.8. The lowest BCUT2D eigenvalue weighted by Gasteiger charge is -2.26. The average Bonchev–Trinajstić information content (AvgIpc) is 3.13. The fourth-order valence-electron chi connectivity index (χ4n) is 3.29. The van der Waals surface area contributed by atoms with Gasteiger partial charge in [-0.25, -0.2) is 8.42 Å². The molecule has 2 heterocycles. The van der Waals surface area contributed by atoms with Crippen molar-refractivity contribution < 1.29 is 13.2 Å². The summed E-state index contributed by atoms with van der Waals surface area (Å²) in [6.07, 6.45) is 4.18. The Labute approximate surface area is 163 Å². The minimum Gasteiger partial charge on any atom is -0.381 e. The van der Waals surface area contributed by atoms with E-state index < -0.39 is 10.0 Å². The molecule has 0 aromatic rings. The molecule has 0 aromatic carbocycles. The van der Waals surface area contributed by atoms with Gasteiger partial charge in [0, 0.05) is 45.2 Å². The van der Waals surface area contributed by atoms with Crippen LogP contribution in [0.15, 0.2) is 4.99 Å². The minimum atomic E-state index is -3.14. The van der Waals surface area contributed by atoms with E-state index in [1.807, 2.05) is 14.0 Å². The van der Waals surface area contributed by atoms with E-state index in [0.717, 1.165) is 51.5 Å². The normalized spacial score (nSPS) is 25.5. The van der Waals surface area contributed by atoms with Crippen LogP contribution in [0, 0.1) is 5.92 Å². The molecule has 0 aliphatic carbocycles. The predicted octanol–water partition coefficient (Wildman–Crippen LogP) is 0.962. The van der Waals surface area contributed by atoms with Crippen molar-refractivity contribution in [3.63, 3.8) is 0 Å². The molecule has 1 unspecified atom stereocenters. The van der Waals surface area contributed by atoms with Crippen LogP contribution in [-0.2, 0) is 14.8 Å². The number of nitrogens with zero attached hydrogens (tertiary/aromatic N) is 3. The second-order valence-electron chi connectivity index (χ2n) is 6.47. The molecule has 0 aromatic heterocycles.